The molecule has 0 spiro atoms. The fraction of sp³-hybridized carbons (Fsp3) is 0.0769. The van der Waals surface area contributed by atoms with Crippen LogP contribution in [-0.4, -0.2) is 0 Å². The highest BCUT2D eigenvalue weighted by Gasteiger charge is 2.07. The minimum atomic E-state index is -0.459. The first kappa shape index (κ1) is 13.8. The molecule has 0 aromatic heterocycles. The summed E-state index contributed by atoms with van der Waals surface area (Å²) in [6, 6.07) is 10.0. The maximum Gasteiger partial charge on any atom is 0.142 e. The van der Waals surface area contributed by atoms with E-state index in [9.17, 15) is 4.39 Å². The van der Waals surface area contributed by atoms with E-state index in [0.29, 0.717) is 16.8 Å². The van der Waals surface area contributed by atoms with Gasteiger partial charge in [-0.25, -0.2) is 4.39 Å². The first-order valence-corrected chi connectivity index (χ1v) is 7.36. The minimum absolute atomic E-state index is 0.0443. The lowest BCUT2D eigenvalue weighted by Gasteiger charge is -2.10. The topological polar surface area (TPSA) is 9.23 Å². The summed E-state index contributed by atoms with van der Waals surface area (Å²) in [5.74, 6) is 0.740. The van der Waals surface area contributed by atoms with E-state index in [1.165, 1.54) is 12.1 Å². The molecular weight excluding hydrogens is 386 g/mol. The van der Waals surface area contributed by atoms with Crippen LogP contribution in [0.15, 0.2) is 40.9 Å². The van der Waals surface area contributed by atoms with Gasteiger partial charge in [0.25, 0.3) is 0 Å². The molecule has 0 aliphatic carbocycles. The van der Waals surface area contributed by atoms with Crippen LogP contribution in [0, 0.1) is 5.82 Å². The highest BCUT2D eigenvalue weighted by atomic mass is 79.9. The summed E-state index contributed by atoms with van der Waals surface area (Å²) in [5.41, 5.74) is 0.999. The SMILES string of the molecule is Fc1ccc(Oc2cc(Br)ccc2CBr)cc1Cl. The van der Waals surface area contributed by atoms with Crippen LogP contribution >= 0.6 is 43.5 Å². The zero-order valence-electron chi connectivity index (χ0n) is 9.09. The Kier molecular flexibility index (Phi) is 4.65. The number of rotatable bonds is 3. The normalized spacial score (nSPS) is 10.4. The standard InChI is InChI=1S/C13H8Br2ClFO/c14-7-8-1-2-9(15)5-13(8)18-10-3-4-12(17)11(16)6-10/h1-6H,7H2. The molecule has 0 unspecified atom stereocenters. The van der Waals surface area contributed by atoms with E-state index < -0.39 is 5.82 Å². The summed E-state index contributed by atoms with van der Waals surface area (Å²) in [7, 11) is 0. The molecule has 0 amide bonds. The van der Waals surface area contributed by atoms with Gasteiger partial charge in [-0.1, -0.05) is 49.5 Å². The Morgan fingerprint density at radius 2 is 1.94 bits per heavy atom. The number of alkyl halides is 1. The van der Waals surface area contributed by atoms with Crippen molar-refractivity contribution in [3.05, 3.63) is 57.3 Å². The molecule has 0 aliphatic heterocycles. The predicted molar refractivity (Wildman–Crippen MR) is 78.3 cm³/mol. The van der Waals surface area contributed by atoms with E-state index in [4.69, 9.17) is 16.3 Å². The van der Waals surface area contributed by atoms with Crippen molar-refractivity contribution in [3.63, 3.8) is 0 Å². The Morgan fingerprint density at radius 3 is 2.61 bits per heavy atom. The van der Waals surface area contributed by atoms with Crippen molar-refractivity contribution < 1.29 is 9.13 Å². The van der Waals surface area contributed by atoms with E-state index in [1.807, 2.05) is 18.2 Å². The van der Waals surface area contributed by atoms with Crippen LogP contribution in [0.3, 0.4) is 0 Å². The van der Waals surface area contributed by atoms with Gasteiger partial charge in [0.2, 0.25) is 0 Å². The maximum atomic E-state index is 13.0. The molecule has 2 rings (SSSR count). The summed E-state index contributed by atoms with van der Waals surface area (Å²) in [4.78, 5) is 0. The first-order chi connectivity index (χ1) is 8.60. The third kappa shape index (κ3) is 3.25. The molecule has 0 saturated heterocycles. The number of benzene rings is 2. The highest BCUT2D eigenvalue weighted by Crippen LogP contribution is 2.31. The lowest BCUT2D eigenvalue weighted by molar-refractivity contribution is 0.476. The third-order valence-electron chi connectivity index (χ3n) is 2.29. The van der Waals surface area contributed by atoms with Crippen LogP contribution in [0.5, 0.6) is 11.5 Å². The lowest BCUT2D eigenvalue weighted by Crippen LogP contribution is -1.90. The Morgan fingerprint density at radius 1 is 1.17 bits per heavy atom. The smallest absolute Gasteiger partial charge is 0.142 e. The maximum absolute atomic E-state index is 13.0. The fourth-order valence-corrected chi connectivity index (χ4v) is 2.37. The van der Waals surface area contributed by atoms with Gasteiger partial charge in [0, 0.05) is 21.4 Å². The van der Waals surface area contributed by atoms with Crippen LogP contribution in [0.1, 0.15) is 5.56 Å². The summed E-state index contributed by atoms with van der Waals surface area (Å²) < 4.78 is 19.7. The average Bonchev–Trinajstić information content (AvgIpc) is 2.34. The number of halogens is 4. The van der Waals surface area contributed by atoms with Crippen molar-refractivity contribution in [1.29, 1.82) is 0 Å². The summed E-state index contributed by atoms with van der Waals surface area (Å²) in [6.07, 6.45) is 0. The van der Waals surface area contributed by atoms with Crippen LogP contribution in [0.2, 0.25) is 5.02 Å². The second-order valence-electron chi connectivity index (χ2n) is 3.56. The third-order valence-corrected chi connectivity index (χ3v) is 3.68. The summed E-state index contributed by atoms with van der Waals surface area (Å²) >= 11 is 12.5. The largest absolute Gasteiger partial charge is 0.457 e. The van der Waals surface area contributed by atoms with Gasteiger partial charge in [0.1, 0.15) is 17.3 Å². The number of hydrogen-bond acceptors (Lipinski definition) is 1. The molecular formula is C13H8Br2ClFO. The molecule has 2 aromatic carbocycles. The molecule has 0 radical (unpaired) electrons. The molecule has 5 heteroatoms. The molecule has 0 fully saturated rings. The summed E-state index contributed by atoms with van der Waals surface area (Å²) in [6.45, 7) is 0. The van der Waals surface area contributed by atoms with Crippen LogP contribution < -0.4 is 4.74 Å². The molecule has 0 aliphatic rings. The van der Waals surface area contributed by atoms with E-state index in [1.54, 1.807) is 6.07 Å². The van der Waals surface area contributed by atoms with Crippen molar-refractivity contribution in [2.45, 2.75) is 5.33 Å². The molecule has 0 saturated carbocycles. The van der Waals surface area contributed by atoms with Crippen molar-refractivity contribution >= 4 is 43.5 Å². The molecule has 0 N–H and O–H groups in total. The van der Waals surface area contributed by atoms with Crippen molar-refractivity contribution in [2.24, 2.45) is 0 Å². The van der Waals surface area contributed by atoms with Crippen molar-refractivity contribution in [2.75, 3.05) is 0 Å². The monoisotopic (exact) mass is 392 g/mol. The quantitative estimate of drug-likeness (QED) is 0.587. The Bertz CT molecular complexity index is 575. The van der Waals surface area contributed by atoms with Crippen molar-refractivity contribution in [1.82, 2.24) is 0 Å². The Labute approximate surface area is 126 Å². The Balaban J connectivity index is 2.33. The van der Waals surface area contributed by atoms with E-state index >= 15 is 0 Å². The fourth-order valence-electron chi connectivity index (χ4n) is 1.40. The van der Waals surface area contributed by atoms with Gasteiger partial charge >= 0.3 is 0 Å². The molecule has 0 bridgehead atoms. The average molecular weight is 394 g/mol. The molecule has 2 aromatic rings. The second kappa shape index (κ2) is 6.04. The van der Waals surface area contributed by atoms with Crippen LogP contribution in [0.4, 0.5) is 4.39 Å². The molecule has 18 heavy (non-hydrogen) atoms. The van der Waals surface area contributed by atoms with E-state index in [-0.39, 0.29) is 5.02 Å². The van der Waals surface area contributed by atoms with Gasteiger partial charge in [0.15, 0.2) is 0 Å². The number of ether oxygens (including phenoxy) is 1. The van der Waals surface area contributed by atoms with E-state index in [0.717, 1.165) is 10.0 Å². The van der Waals surface area contributed by atoms with E-state index in [2.05, 4.69) is 31.9 Å². The highest BCUT2D eigenvalue weighted by molar-refractivity contribution is 9.10. The minimum Gasteiger partial charge on any atom is -0.457 e. The predicted octanol–water partition coefficient (Wildman–Crippen LogP) is 5.93. The van der Waals surface area contributed by atoms with Crippen molar-refractivity contribution in [3.8, 4) is 11.5 Å². The van der Waals surface area contributed by atoms with Gasteiger partial charge in [-0.3, -0.25) is 0 Å². The van der Waals surface area contributed by atoms with Gasteiger partial charge in [-0.2, -0.15) is 0 Å². The van der Waals surface area contributed by atoms with Crippen LogP contribution in [-0.2, 0) is 5.33 Å². The van der Waals surface area contributed by atoms with Gasteiger partial charge in [-0.15, -0.1) is 0 Å². The van der Waals surface area contributed by atoms with Gasteiger partial charge < -0.3 is 4.74 Å². The lowest BCUT2D eigenvalue weighted by atomic mass is 10.2. The summed E-state index contributed by atoms with van der Waals surface area (Å²) in [5, 5.41) is 0.716. The molecule has 94 valence electrons. The van der Waals surface area contributed by atoms with Gasteiger partial charge in [-0.05, 0) is 24.3 Å². The second-order valence-corrected chi connectivity index (χ2v) is 5.45. The first-order valence-electron chi connectivity index (χ1n) is 5.07. The molecule has 0 atom stereocenters. The molecule has 1 nitrogen and oxygen atoms in total. The molecule has 0 heterocycles. The van der Waals surface area contributed by atoms with Gasteiger partial charge in [0.05, 0.1) is 5.02 Å². The zero-order valence-corrected chi connectivity index (χ0v) is 13.0. The van der Waals surface area contributed by atoms with Crippen LogP contribution in [0.25, 0.3) is 0 Å². The number of hydrogen-bond donors (Lipinski definition) is 0. The zero-order chi connectivity index (χ0) is 13.1. The Hall–Kier alpha value is -0.580.